The van der Waals surface area contributed by atoms with Gasteiger partial charge in [-0.25, -0.2) is 4.79 Å². The van der Waals surface area contributed by atoms with Crippen LogP contribution in [-0.4, -0.2) is 32.4 Å². The number of benzene rings is 1. The molecule has 0 amide bonds. The lowest BCUT2D eigenvalue weighted by atomic mass is 10.1. The average molecular weight is 330 g/mol. The Balaban J connectivity index is 2.38. The Kier molecular flexibility index (Phi) is 5.78. The predicted octanol–water partition coefficient (Wildman–Crippen LogP) is 2.25. The Morgan fingerprint density at radius 1 is 1.08 bits per heavy atom. The molecule has 0 saturated heterocycles. The van der Waals surface area contributed by atoms with Crippen molar-refractivity contribution in [2.45, 2.75) is 6.54 Å². The van der Waals surface area contributed by atoms with Gasteiger partial charge in [-0.3, -0.25) is 0 Å². The minimum Gasteiger partial charge on any atom is -0.493 e. The molecule has 0 aliphatic rings. The minimum atomic E-state index is -0.895. The van der Waals surface area contributed by atoms with Crippen LogP contribution >= 0.6 is 0 Å². The zero-order valence-electron chi connectivity index (χ0n) is 13.9. The van der Waals surface area contributed by atoms with Crippen molar-refractivity contribution >= 4 is 18.1 Å². The van der Waals surface area contributed by atoms with Crippen LogP contribution in [0.15, 0.2) is 36.5 Å². The molecule has 0 aliphatic heterocycles. The smallest absolute Gasteiger partial charge is 0.370 e. The number of rotatable bonds is 7. The zero-order chi connectivity index (χ0) is 17.5. The lowest BCUT2D eigenvalue weighted by molar-refractivity contribution is -0.687. The van der Waals surface area contributed by atoms with E-state index in [9.17, 15) is 4.79 Å². The summed E-state index contributed by atoms with van der Waals surface area (Å²) in [6.45, 7) is -0.101. The van der Waals surface area contributed by atoms with Gasteiger partial charge in [0.25, 0.3) is 0 Å². The number of carboxylic acids is 1. The number of methoxy groups -OCH3 is 3. The fraction of sp³-hybridized carbons (Fsp3) is 0.222. The molecule has 6 heteroatoms. The number of aliphatic carboxylic acids is 1. The predicted molar refractivity (Wildman–Crippen MR) is 89.3 cm³/mol. The Morgan fingerprint density at radius 2 is 1.75 bits per heavy atom. The van der Waals surface area contributed by atoms with Gasteiger partial charge in [0, 0.05) is 18.2 Å². The number of aromatic nitrogens is 1. The van der Waals surface area contributed by atoms with Gasteiger partial charge >= 0.3 is 5.97 Å². The molecule has 0 atom stereocenters. The third kappa shape index (κ3) is 4.04. The summed E-state index contributed by atoms with van der Waals surface area (Å²) in [5, 5.41) is 8.98. The van der Waals surface area contributed by atoms with Crippen molar-refractivity contribution in [2.75, 3.05) is 21.3 Å². The van der Waals surface area contributed by atoms with Crippen LogP contribution in [0.2, 0.25) is 0 Å². The summed E-state index contributed by atoms with van der Waals surface area (Å²) in [5.41, 5.74) is 1.61. The van der Waals surface area contributed by atoms with Crippen LogP contribution in [0.3, 0.4) is 0 Å². The van der Waals surface area contributed by atoms with Crippen LogP contribution in [0, 0.1) is 0 Å². The molecular weight excluding hydrogens is 310 g/mol. The van der Waals surface area contributed by atoms with Crippen LogP contribution < -0.4 is 18.8 Å². The van der Waals surface area contributed by atoms with E-state index < -0.39 is 5.97 Å². The first kappa shape index (κ1) is 17.3. The molecule has 1 aromatic heterocycles. The highest BCUT2D eigenvalue weighted by Gasteiger charge is 2.13. The van der Waals surface area contributed by atoms with E-state index in [1.54, 1.807) is 38.2 Å². The molecule has 0 bridgehead atoms. The summed E-state index contributed by atoms with van der Waals surface area (Å²) in [5.74, 6) is 0.748. The molecular formula is C18H20NO5+. The van der Waals surface area contributed by atoms with Gasteiger partial charge in [0.2, 0.25) is 18.0 Å². The van der Waals surface area contributed by atoms with Crippen molar-refractivity contribution in [1.82, 2.24) is 0 Å². The number of hydrogen-bond acceptors (Lipinski definition) is 4. The van der Waals surface area contributed by atoms with Gasteiger partial charge in [0.05, 0.1) is 21.3 Å². The summed E-state index contributed by atoms with van der Waals surface area (Å²) in [6, 6.07) is 9.13. The molecule has 1 aromatic carbocycles. The van der Waals surface area contributed by atoms with Crippen molar-refractivity contribution < 1.29 is 28.7 Å². The topological polar surface area (TPSA) is 68.9 Å². The zero-order valence-corrected chi connectivity index (χ0v) is 13.9. The van der Waals surface area contributed by atoms with Crippen LogP contribution in [0.5, 0.6) is 17.2 Å². The van der Waals surface area contributed by atoms with Crippen molar-refractivity contribution in [3.05, 3.63) is 47.8 Å². The van der Waals surface area contributed by atoms with E-state index in [-0.39, 0.29) is 6.54 Å². The average Bonchev–Trinajstić information content (AvgIpc) is 2.59. The number of nitrogens with zero attached hydrogens (tertiary/aromatic N) is 1. The quantitative estimate of drug-likeness (QED) is 0.789. The molecule has 0 spiro atoms. The second-order valence-electron chi connectivity index (χ2n) is 4.94. The van der Waals surface area contributed by atoms with Gasteiger partial charge in [-0.05, 0) is 29.8 Å². The summed E-state index contributed by atoms with van der Waals surface area (Å²) >= 11 is 0. The Labute approximate surface area is 140 Å². The van der Waals surface area contributed by atoms with Gasteiger partial charge in [-0.2, -0.15) is 4.57 Å². The molecule has 0 saturated carbocycles. The van der Waals surface area contributed by atoms with Gasteiger partial charge in [0.1, 0.15) is 0 Å². The van der Waals surface area contributed by atoms with E-state index in [0.29, 0.717) is 17.2 Å². The highest BCUT2D eigenvalue weighted by atomic mass is 16.5. The first-order valence-electron chi connectivity index (χ1n) is 7.27. The van der Waals surface area contributed by atoms with Gasteiger partial charge in [0.15, 0.2) is 17.7 Å². The van der Waals surface area contributed by atoms with Crippen molar-refractivity contribution in [3.63, 3.8) is 0 Å². The van der Waals surface area contributed by atoms with Crippen LogP contribution in [0.4, 0.5) is 0 Å². The summed E-state index contributed by atoms with van der Waals surface area (Å²) < 4.78 is 17.6. The maximum absolute atomic E-state index is 10.9. The molecule has 0 aliphatic carbocycles. The summed E-state index contributed by atoms with van der Waals surface area (Å²) in [6.07, 6.45) is 5.42. The summed E-state index contributed by atoms with van der Waals surface area (Å²) in [7, 11) is 4.67. The first-order chi connectivity index (χ1) is 11.6. The molecule has 2 rings (SSSR count). The van der Waals surface area contributed by atoms with Crippen molar-refractivity contribution in [2.24, 2.45) is 0 Å². The van der Waals surface area contributed by atoms with Gasteiger partial charge in [-0.15, -0.1) is 0 Å². The van der Waals surface area contributed by atoms with Crippen LogP contribution in [0.1, 0.15) is 11.3 Å². The van der Waals surface area contributed by atoms with Crippen molar-refractivity contribution in [3.8, 4) is 17.2 Å². The lowest BCUT2D eigenvalue weighted by Gasteiger charge is -2.12. The summed E-state index contributed by atoms with van der Waals surface area (Å²) in [4.78, 5) is 10.9. The molecule has 0 radical (unpaired) electrons. The molecule has 6 nitrogen and oxygen atoms in total. The van der Waals surface area contributed by atoms with E-state index in [4.69, 9.17) is 19.3 Å². The lowest BCUT2D eigenvalue weighted by Crippen LogP contribution is -2.40. The highest BCUT2D eigenvalue weighted by Crippen LogP contribution is 2.38. The third-order valence-electron chi connectivity index (χ3n) is 3.41. The number of ether oxygens (including phenoxy) is 3. The molecule has 2 aromatic rings. The molecule has 1 heterocycles. The fourth-order valence-corrected chi connectivity index (χ4v) is 2.31. The van der Waals surface area contributed by atoms with Gasteiger partial charge in [-0.1, -0.05) is 0 Å². The molecule has 1 N–H and O–H groups in total. The number of pyridine rings is 1. The Morgan fingerprint density at radius 3 is 2.29 bits per heavy atom. The SMILES string of the molecule is COc1cc(/C=C/c2cccc[n+]2CC(=O)O)cc(OC)c1OC. The molecule has 126 valence electrons. The molecule has 0 fully saturated rings. The second-order valence-corrected chi connectivity index (χ2v) is 4.94. The Hall–Kier alpha value is -3.02. The second kappa shape index (κ2) is 8.01. The van der Waals surface area contributed by atoms with E-state index in [1.807, 2.05) is 36.4 Å². The maximum atomic E-state index is 10.9. The first-order valence-corrected chi connectivity index (χ1v) is 7.27. The van der Waals surface area contributed by atoms with Gasteiger partial charge < -0.3 is 19.3 Å². The normalized spacial score (nSPS) is 10.6. The number of hydrogen-bond donors (Lipinski definition) is 1. The monoisotopic (exact) mass is 330 g/mol. The van der Waals surface area contributed by atoms with Crippen LogP contribution in [0.25, 0.3) is 12.2 Å². The maximum Gasteiger partial charge on any atom is 0.370 e. The Bertz CT molecular complexity index is 730. The van der Waals surface area contributed by atoms with E-state index >= 15 is 0 Å². The largest absolute Gasteiger partial charge is 0.493 e. The van der Waals surface area contributed by atoms with E-state index in [0.717, 1.165) is 11.3 Å². The minimum absolute atomic E-state index is 0.101. The van der Waals surface area contributed by atoms with Crippen LogP contribution in [-0.2, 0) is 11.3 Å². The van der Waals surface area contributed by atoms with E-state index in [1.165, 1.54) is 0 Å². The molecule has 24 heavy (non-hydrogen) atoms. The van der Waals surface area contributed by atoms with Crippen molar-refractivity contribution in [1.29, 1.82) is 0 Å². The highest BCUT2D eigenvalue weighted by molar-refractivity contribution is 5.71. The standard InChI is InChI=1S/C18H19NO5/c1-22-15-10-13(11-16(23-2)18(15)24-3)7-8-14-6-4-5-9-19(14)12-17(20)21/h4-11H,12H2,1-3H3/p+1/b8-7+. The number of carbonyl (C=O) groups is 1. The third-order valence-corrected chi connectivity index (χ3v) is 3.41. The number of carboxylic acid groups (broad SMARTS) is 1. The fourth-order valence-electron chi connectivity index (χ4n) is 2.31. The molecule has 0 unspecified atom stereocenters. The van der Waals surface area contributed by atoms with E-state index in [2.05, 4.69) is 0 Å².